The Kier molecular flexibility index (Phi) is 5.06. The van der Waals surface area contributed by atoms with Gasteiger partial charge in [-0.15, -0.1) is 0 Å². The van der Waals surface area contributed by atoms with E-state index in [9.17, 15) is 13.2 Å². The first-order valence-corrected chi connectivity index (χ1v) is 6.55. The van der Waals surface area contributed by atoms with Gasteiger partial charge in [0, 0.05) is 12.1 Å². The van der Waals surface area contributed by atoms with E-state index in [4.69, 9.17) is 5.73 Å². The van der Waals surface area contributed by atoms with Crippen LogP contribution in [0.3, 0.4) is 0 Å². The van der Waals surface area contributed by atoms with E-state index in [-0.39, 0.29) is 12.1 Å². The fourth-order valence-corrected chi connectivity index (χ4v) is 2.39. The van der Waals surface area contributed by atoms with Gasteiger partial charge in [-0.25, -0.2) is 0 Å². The van der Waals surface area contributed by atoms with Gasteiger partial charge in [-0.2, -0.15) is 13.2 Å². The van der Waals surface area contributed by atoms with E-state index in [1.807, 2.05) is 0 Å². The summed E-state index contributed by atoms with van der Waals surface area (Å²) >= 11 is 0. The second kappa shape index (κ2) is 5.78. The van der Waals surface area contributed by atoms with Crippen molar-refractivity contribution in [3.63, 3.8) is 0 Å². The SMILES string of the molecule is CC1(C)CCC(N)(CCCOCC(F)(F)F)CC1. The zero-order valence-corrected chi connectivity index (χ0v) is 11.3. The number of nitrogens with two attached hydrogens (primary N) is 1. The van der Waals surface area contributed by atoms with Crippen LogP contribution in [0.15, 0.2) is 0 Å². The molecule has 0 unspecified atom stereocenters. The monoisotopic (exact) mass is 267 g/mol. The maximum atomic E-state index is 11.8. The third kappa shape index (κ3) is 6.05. The Labute approximate surface area is 107 Å². The molecule has 2 nitrogen and oxygen atoms in total. The van der Waals surface area contributed by atoms with Crippen LogP contribution in [0.25, 0.3) is 0 Å². The summed E-state index contributed by atoms with van der Waals surface area (Å²) in [6.45, 7) is 3.46. The summed E-state index contributed by atoms with van der Waals surface area (Å²) in [6.07, 6.45) is 1.22. The van der Waals surface area contributed by atoms with Gasteiger partial charge in [0.2, 0.25) is 0 Å². The van der Waals surface area contributed by atoms with E-state index >= 15 is 0 Å². The maximum Gasteiger partial charge on any atom is 0.411 e. The van der Waals surface area contributed by atoms with E-state index in [1.54, 1.807) is 0 Å². The topological polar surface area (TPSA) is 35.2 Å². The Bertz CT molecular complexity index is 253. The molecule has 18 heavy (non-hydrogen) atoms. The fourth-order valence-electron chi connectivity index (χ4n) is 2.39. The first kappa shape index (κ1) is 15.8. The average molecular weight is 267 g/mol. The summed E-state index contributed by atoms with van der Waals surface area (Å²) in [6, 6.07) is 0. The molecule has 0 aromatic rings. The van der Waals surface area contributed by atoms with Gasteiger partial charge < -0.3 is 10.5 Å². The highest BCUT2D eigenvalue weighted by Crippen LogP contribution is 2.40. The molecule has 0 aromatic heterocycles. The van der Waals surface area contributed by atoms with Gasteiger partial charge in [0.15, 0.2) is 0 Å². The van der Waals surface area contributed by atoms with E-state index < -0.39 is 12.8 Å². The van der Waals surface area contributed by atoms with Crippen molar-refractivity contribution in [1.82, 2.24) is 0 Å². The van der Waals surface area contributed by atoms with Crippen molar-refractivity contribution in [2.75, 3.05) is 13.2 Å². The molecule has 1 rings (SSSR count). The molecule has 108 valence electrons. The average Bonchev–Trinajstić information content (AvgIpc) is 2.21. The molecule has 0 amide bonds. The molecule has 0 atom stereocenters. The Hall–Kier alpha value is -0.290. The molecule has 0 radical (unpaired) electrons. The van der Waals surface area contributed by atoms with Gasteiger partial charge in [-0.05, 0) is 43.9 Å². The lowest BCUT2D eigenvalue weighted by Gasteiger charge is -2.41. The van der Waals surface area contributed by atoms with Gasteiger partial charge in [-0.3, -0.25) is 0 Å². The molecule has 1 aliphatic carbocycles. The maximum absolute atomic E-state index is 11.8. The minimum absolute atomic E-state index is 0.141. The molecule has 0 spiro atoms. The van der Waals surface area contributed by atoms with E-state index in [2.05, 4.69) is 18.6 Å². The van der Waals surface area contributed by atoms with Crippen LogP contribution < -0.4 is 5.73 Å². The molecule has 0 saturated heterocycles. The van der Waals surface area contributed by atoms with Crippen molar-refractivity contribution in [3.8, 4) is 0 Å². The molecule has 1 fully saturated rings. The lowest BCUT2D eigenvalue weighted by Crippen LogP contribution is -2.45. The first-order chi connectivity index (χ1) is 8.12. The summed E-state index contributed by atoms with van der Waals surface area (Å²) in [7, 11) is 0. The van der Waals surface area contributed by atoms with Gasteiger partial charge in [0.05, 0.1) is 0 Å². The standard InChI is InChI=1S/C13H24F3NO/c1-11(2)5-7-12(17,8-6-11)4-3-9-18-10-13(14,15)16/h3-10,17H2,1-2H3. The van der Waals surface area contributed by atoms with Crippen molar-refractivity contribution in [2.45, 2.75) is 64.1 Å². The molecule has 0 bridgehead atoms. The third-order valence-electron chi connectivity index (χ3n) is 3.83. The van der Waals surface area contributed by atoms with Crippen LogP contribution >= 0.6 is 0 Å². The Morgan fingerprint density at radius 1 is 1.11 bits per heavy atom. The molecule has 5 heteroatoms. The van der Waals surface area contributed by atoms with Crippen molar-refractivity contribution in [2.24, 2.45) is 11.1 Å². The van der Waals surface area contributed by atoms with Gasteiger partial charge in [0.1, 0.15) is 6.61 Å². The molecule has 0 aliphatic heterocycles. The lowest BCUT2D eigenvalue weighted by molar-refractivity contribution is -0.174. The minimum atomic E-state index is -4.23. The van der Waals surface area contributed by atoms with Crippen LogP contribution in [0.4, 0.5) is 13.2 Å². The normalized spacial score (nSPS) is 23.0. The van der Waals surface area contributed by atoms with Crippen LogP contribution in [0.1, 0.15) is 52.4 Å². The number of alkyl halides is 3. The van der Waals surface area contributed by atoms with E-state index in [0.29, 0.717) is 11.8 Å². The molecular weight excluding hydrogens is 243 g/mol. The highest BCUT2D eigenvalue weighted by Gasteiger charge is 2.34. The minimum Gasteiger partial charge on any atom is -0.372 e. The van der Waals surface area contributed by atoms with Crippen LogP contribution in [0, 0.1) is 5.41 Å². The largest absolute Gasteiger partial charge is 0.411 e. The summed E-state index contributed by atoms with van der Waals surface area (Å²) < 4.78 is 40.1. The number of rotatable bonds is 5. The second-order valence-corrected chi connectivity index (χ2v) is 6.30. The fraction of sp³-hybridized carbons (Fsp3) is 1.00. The van der Waals surface area contributed by atoms with Crippen LogP contribution in [0.5, 0.6) is 0 Å². The molecule has 1 aliphatic rings. The lowest BCUT2D eigenvalue weighted by atomic mass is 9.68. The summed E-state index contributed by atoms with van der Waals surface area (Å²) in [5, 5.41) is 0. The summed E-state index contributed by atoms with van der Waals surface area (Å²) in [4.78, 5) is 0. The molecule has 0 heterocycles. The number of hydrogen-bond acceptors (Lipinski definition) is 2. The zero-order chi connectivity index (χ0) is 13.9. The van der Waals surface area contributed by atoms with Crippen LogP contribution in [0.2, 0.25) is 0 Å². The zero-order valence-electron chi connectivity index (χ0n) is 11.3. The van der Waals surface area contributed by atoms with Crippen molar-refractivity contribution < 1.29 is 17.9 Å². The number of ether oxygens (including phenoxy) is 1. The van der Waals surface area contributed by atoms with Crippen molar-refractivity contribution in [3.05, 3.63) is 0 Å². The number of hydrogen-bond donors (Lipinski definition) is 1. The van der Waals surface area contributed by atoms with Crippen LogP contribution in [-0.4, -0.2) is 24.9 Å². The number of halogens is 3. The van der Waals surface area contributed by atoms with E-state index in [0.717, 1.165) is 32.1 Å². The molecule has 1 saturated carbocycles. The first-order valence-electron chi connectivity index (χ1n) is 6.55. The quantitative estimate of drug-likeness (QED) is 0.772. The highest BCUT2D eigenvalue weighted by molar-refractivity contribution is 4.92. The predicted octanol–water partition coefficient (Wildman–Crippen LogP) is 3.64. The molecular formula is C13H24F3NO. The Morgan fingerprint density at radius 3 is 2.17 bits per heavy atom. The molecule has 2 N–H and O–H groups in total. The molecule has 0 aromatic carbocycles. The van der Waals surface area contributed by atoms with Crippen molar-refractivity contribution >= 4 is 0 Å². The van der Waals surface area contributed by atoms with Crippen molar-refractivity contribution in [1.29, 1.82) is 0 Å². The van der Waals surface area contributed by atoms with E-state index in [1.165, 1.54) is 0 Å². The van der Waals surface area contributed by atoms with Crippen LogP contribution in [-0.2, 0) is 4.74 Å². The summed E-state index contributed by atoms with van der Waals surface area (Å²) in [5.41, 5.74) is 6.43. The Morgan fingerprint density at radius 2 is 1.67 bits per heavy atom. The van der Waals surface area contributed by atoms with Gasteiger partial charge >= 0.3 is 6.18 Å². The second-order valence-electron chi connectivity index (χ2n) is 6.30. The van der Waals surface area contributed by atoms with Gasteiger partial charge in [-0.1, -0.05) is 13.8 Å². The summed E-state index contributed by atoms with van der Waals surface area (Å²) in [5.74, 6) is 0. The smallest absolute Gasteiger partial charge is 0.372 e. The Balaban J connectivity index is 2.16. The highest BCUT2D eigenvalue weighted by atomic mass is 19.4. The third-order valence-corrected chi connectivity index (χ3v) is 3.83. The van der Waals surface area contributed by atoms with Gasteiger partial charge in [0.25, 0.3) is 0 Å². The predicted molar refractivity (Wildman–Crippen MR) is 65.3 cm³/mol.